The smallest absolute Gasteiger partial charge is 0.292 e. The maximum atomic E-state index is 10.9. The molecule has 9 heteroatoms. The Balaban J connectivity index is 3.13. The third-order valence-corrected chi connectivity index (χ3v) is 1.35. The molecule has 0 saturated carbocycles. The van der Waals surface area contributed by atoms with Gasteiger partial charge in [0.2, 0.25) is 0 Å². The summed E-state index contributed by atoms with van der Waals surface area (Å²) in [5.74, 6) is 9.83. The van der Waals surface area contributed by atoms with Crippen LogP contribution in [-0.2, 0) is 0 Å². The number of anilines is 1. The van der Waals surface area contributed by atoms with Crippen molar-refractivity contribution in [1.29, 1.82) is 0 Å². The summed E-state index contributed by atoms with van der Waals surface area (Å²) in [6.07, 6.45) is 0. The van der Waals surface area contributed by atoms with Gasteiger partial charge in [0.25, 0.3) is 5.56 Å². The quantitative estimate of drug-likeness (QED) is 0.190. The van der Waals surface area contributed by atoms with Gasteiger partial charge in [-0.3, -0.25) is 20.2 Å². The average Bonchev–Trinajstić information content (AvgIpc) is 2.14. The van der Waals surface area contributed by atoms with Crippen molar-refractivity contribution in [2.45, 2.75) is 0 Å². The number of nitrogens with zero attached hydrogens (tertiary/aromatic N) is 1. The first-order valence-electron chi connectivity index (χ1n) is 3.43. The summed E-state index contributed by atoms with van der Waals surface area (Å²) in [5, 5.41) is 0.497. The first kappa shape index (κ1) is 9.95. The summed E-state index contributed by atoms with van der Waals surface area (Å²) in [6.45, 7) is 0. The van der Waals surface area contributed by atoms with E-state index in [1.54, 1.807) is 5.43 Å². The molecule has 0 aliphatic heterocycles. The van der Waals surface area contributed by atoms with Crippen LogP contribution in [0.15, 0.2) is 15.7 Å². The number of carbonyl (C=O) groups is 1. The molecular formula is C5H8N6O3. The number of carbonyl (C=O) groups excluding carboxylic acids is 1. The second-order valence-electron chi connectivity index (χ2n) is 2.29. The van der Waals surface area contributed by atoms with Crippen molar-refractivity contribution < 1.29 is 4.79 Å². The van der Waals surface area contributed by atoms with Gasteiger partial charge in [0.1, 0.15) is 5.82 Å². The van der Waals surface area contributed by atoms with Crippen molar-refractivity contribution in [2.75, 3.05) is 5.01 Å². The van der Waals surface area contributed by atoms with Crippen LogP contribution in [0.25, 0.3) is 0 Å². The minimum atomic E-state index is -0.869. The Morgan fingerprint density at radius 1 is 1.43 bits per heavy atom. The molecule has 0 spiro atoms. The molecule has 1 heterocycles. The van der Waals surface area contributed by atoms with Crippen molar-refractivity contribution in [3.8, 4) is 0 Å². The Labute approximate surface area is 76.6 Å². The van der Waals surface area contributed by atoms with Gasteiger partial charge in [-0.15, -0.1) is 0 Å². The number of hydrazine groups is 2. The number of amides is 2. The number of aromatic nitrogens is 2. The topological polar surface area (TPSA) is 150 Å². The summed E-state index contributed by atoms with van der Waals surface area (Å²) >= 11 is 0. The van der Waals surface area contributed by atoms with E-state index >= 15 is 0 Å². The number of hydrogen-bond donors (Lipinski definition) is 5. The van der Waals surface area contributed by atoms with Gasteiger partial charge in [0.15, 0.2) is 0 Å². The zero-order chi connectivity index (χ0) is 10.7. The molecule has 14 heavy (non-hydrogen) atoms. The Hall–Kier alpha value is -2.13. The number of aromatic amines is 2. The molecule has 7 N–H and O–H groups in total. The van der Waals surface area contributed by atoms with Gasteiger partial charge in [-0.1, -0.05) is 0 Å². The van der Waals surface area contributed by atoms with E-state index in [-0.39, 0.29) is 5.82 Å². The van der Waals surface area contributed by atoms with Crippen molar-refractivity contribution in [2.24, 2.45) is 11.7 Å². The van der Waals surface area contributed by atoms with Crippen LogP contribution in [0, 0.1) is 0 Å². The normalized spacial score (nSPS) is 9.57. The van der Waals surface area contributed by atoms with E-state index in [4.69, 9.17) is 11.7 Å². The molecule has 0 unspecified atom stereocenters. The lowest BCUT2D eigenvalue weighted by Crippen LogP contribution is -2.49. The van der Waals surface area contributed by atoms with E-state index in [2.05, 4.69) is 4.98 Å². The highest BCUT2D eigenvalue weighted by molar-refractivity contribution is 5.88. The van der Waals surface area contributed by atoms with Crippen LogP contribution in [0.2, 0.25) is 0 Å². The van der Waals surface area contributed by atoms with Crippen molar-refractivity contribution in [3.05, 3.63) is 26.9 Å². The van der Waals surface area contributed by atoms with Crippen LogP contribution in [0.3, 0.4) is 0 Å². The van der Waals surface area contributed by atoms with Gasteiger partial charge in [-0.05, 0) is 0 Å². The van der Waals surface area contributed by atoms with Crippen LogP contribution in [0.4, 0.5) is 10.6 Å². The maximum absolute atomic E-state index is 10.9. The third kappa shape index (κ3) is 1.97. The van der Waals surface area contributed by atoms with Crippen LogP contribution in [-0.4, -0.2) is 16.0 Å². The van der Waals surface area contributed by atoms with E-state index in [1.807, 2.05) is 4.98 Å². The summed E-state index contributed by atoms with van der Waals surface area (Å²) in [6, 6.07) is 0.0719. The second kappa shape index (κ2) is 3.72. The fraction of sp³-hybridized carbons (Fsp3) is 0. The molecule has 1 aromatic heterocycles. The molecule has 0 aliphatic rings. The minimum absolute atomic E-state index is 0.165. The highest BCUT2D eigenvalue weighted by atomic mass is 16.2. The highest BCUT2D eigenvalue weighted by Gasteiger charge is 2.11. The lowest BCUT2D eigenvalue weighted by atomic mass is 10.5. The molecule has 1 rings (SSSR count). The zero-order valence-corrected chi connectivity index (χ0v) is 6.90. The third-order valence-electron chi connectivity index (χ3n) is 1.35. The summed E-state index contributed by atoms with van der Waals surface area (Å²) < 4.78 is 0. The Bertz CT molecular complexity index is 419. The molecule has 0 radical (unpaired) electrons. The number of rotatable bonds is 1. The monoisotopic (exact) mass is 200 g/mol. The molecule has 0 aromatic carbocycles. The molecule has 0 aliphatic carbocycles. The molecule has 0 saturated heterocycles. The van der Waals surface area contributed by atoms with E-state index in [0.29, 0.717) is 5.01 Å². The summed E-state index contributed by atoms with van der Waals surface area (Å²) in [5.41, 5.74) is 0.282. The second-order valence-corrected chi connectivity index (χ2v) is 2.29. The van der Waals surface area contributed by atoms with Crippen LogP contribution >= 0.6 is 0 Å². The van der Waals surface area contributed by atoms with E-state index < -0.39 is 17.3 Å². The van der Waals surface area contributed by atoms with Crippen molar-refractivity contribution in [3.63, 3.8) is 0 Å². The first-order valence-corrected chi connectivity index (χ1v) is 3.43. The summed E-state index contributed by atoms with van der Waals surface area (Å²) in [4.78, 5) is 36.5. The molecule has 0 atom stereocenters. The molecule has 0 bridgehead atoms. The predicted octanol–water partition coefficient (Wildman–Crippen LogP) is -2.67. The van der Waals surface area contributed by atoms with E-state index in [0.717, 1.165) is 6.07 Å². The SMILES string of the molecule is NNC(=O)N(N)c1cc(=O)[nH]c(=O)[nH]1. The van der Waals surface area contributed by atoms with Crippen LogP contribution in [0.5, 0.6) is 0 Å². The molecular weight excluding hydrogens is 192 g/mol. The van der Waals surface area contributed by atoms with Crippen LogP contribution in [0.1, 0.15) is 0 Å². The fourth-order valence-electron chi connectivity index (χ4n) is 0.765. The number of hydrogen-bond acceptors (Lipinski definition) is 5. The number of urea groups is 1. The lowest BCUT2D eigenvalue weighted by molar-refractivity contribution is 0.246. The molecule has 2 amide bonds. The van der Waals surface area contributed by atoms with Gasteiger partial charge >= 0.3 is 11.7 Å². The average molecular weight is 200 g/mol. The van der Waals surface area contributed by atoms with Crippen LogP contribution < -0.4 is 33.4 Å². The van der Waals surface area contributed by atoms with Crippen molar-refractivity contribution >= 4 is 11.8 Å². The van der Waals surface area contributed by atoms with Gasteiger partial charge < -0.3 is 0 Å². The predicted molar refractivity (Wildman–Crippen MR) is 47.1 cm³/mol. The molecule has 1 aromatic rings. The Kier molecular flexibility index (Phi) is 2.65. The van der Waals surface area contributed by atoms with Gasteiger partial charge in [0.05, 0.1) is 0 Å². The zero-order valence-electron chi connectivity index (χ0n) is 6.90. The molecule has 76 valence electrons. The molecule has 0 fully saturated rings. The van der Waals surface area contributed by atoms with Gasteiger partial charge in [-0.2, -0.15) is 0 Å². The highest BCUT2D eigenvalue weighted by Crippen LogP contribution is 1.97. The van der Waals surface area contributed by atoms with Gasteiger partial charge in [-0.25, -0.2) is 26.3 Å². The van der Waals surface area contributed by atoms with E-state index in [1.165, 1.54) is 0 Å². The maximum Gasteiger partial charge on any atom is 0.351 e. The fourth-order valence-corrected chi connectivity index (χ4v) is 0.765. The standard InChI is InChI=1S/C5H8N6O3/c6-10-5(14)11(7)2-1-3(12)9-4(13)8-2/h1H,6-7H2,(H,10,14)(H2,8,9,12,13). The van der Waals surface area contributed by atoms with Crippen molar-refractivity contribution in [1.82, 2.24) is 15.4 Å². The van der Waals surface area contributed by atoms with Gasteiger partial charge in [0, 0.05) is 6.07 Å². The number of nitrogens with one attached hydrogen (secondary N) is 3. The first-order chi connectivity index (χ1) is 6.54. The Morgan fingerprint density at radius 2 is 2.07 bits per heavy atom. The number of H-pyrrole nitrogens is 2. The number of nitrogens with two attached hydrogens (primary N) is 2. The largest absolute Gasteiger partial charge is 0.351 e. The van der Waals surface area contributed by atoms with E-state index in [9.17, 15) is 14.4 Å². The lowest BCUT2D eigenvalue weighted by Gasteiger charge is -2.13. The molecule has 9 nitrogen and oxygen atoms in total. The Morgan fingerprint density at radius 3 is 2.57 bits per heavy atom. The minimum Gasteiger partial charge on any atom is -0.292 e. The summed E-state index contributed by atoms with van der Waals surface area (Å²) in [7, 11) is 0.